The highest BCUT2D eigenvalue weighted by Gasteiger charge is 2.22. The maximum Gasteiger partial charge on any atom is 0.170 e. The second kappa shape index (κ2) is 9.78. The summed E-state index contributed by atoms with van der Waals surface area (Å²) in [7, 11) is 0. The third-order valence-corrected chi connectivity index (χ3v) is 5.54. The van der Waals surface area contributed by atoms with Gasteiger partial charge in [-0.15, -0.1) is 6.58 Å². The average molecular weight is 444 g/mol. The fraction of sp³-hybridized carbons (Fsp3) is 0.103. The largest absolute Gasteiger partial charge is 0.490 e. The summed E-state index contributed by atoms with van der Waals surface area (Å²) >= 11 is 0. The molecule has 4 aromatic rings. The van der Waals surface area contributed by atoms with Crippen LogP contribution in [0.3, 0.4) is 0 Å². The van der Waals surface area contributed by atoms with Crippen LogP contribution < -0.4 is 4.74 Å². The molecule has 0 aliphatic rings. The molecule has 0 aliphatic carbocycles. The van der Waals surface area contributed by atoms with E-state index in [1.54, 1.807) is 30.3 Å². The van der Waals surface area contributed by atoms with Gasteiger partial charge in [-0.25, -0.2) is 13.2 Å². The number of halogens is 3. The molecule has 4 heteroatoms. The smallest absolute Gasteiger partial charge is 0.170 e. The Morgan fingerprint density at radius 1 is 0.788 bits per heavy atom. The molecule has 0 saturated carbocycles. The Hall–Kier alpha value is -3.79. The Morgan fingerprint density at radius 2 is 1.58 bits per heavy atom. The molecule has 0 unspecified atom stereocenters. The number of aryl methyl sites for hydroxylation is 1. The fourth-order valence-electron chi connectivity index (χ4n) is 3.92. The third kappa shape index (κ3) is 4.56. The summed E-state index contributed by atoms with van der Waals surface area (Å²) < 4.78 is 50.9. The summed E-state index contributed by atoms with van der Waals surface area (Å²) in [4.78, 5) is 0. The minimum absolute atomic E-state index is 0.107. The van der Waals surface area contributed by atoms with Crippen molar-refractivity contribution in [3.63, 3.8) is 0 Å². The van der Waals surface area contributed by atoms with E-state index in [4.69, 9.17) is 4.74 Å². The maximum atomic E-state index is 15.2. The number of allylic oxidation sites excluding steroid dienone is 1. The highest BCUT2D eigenvalue weighted by Crippen LogP contribution is 2.37. The number of ether oxygens (including phenoxy) is 1. The van der Waals surface area contributed by atoms with Gasteiger partial charge in [-0.1, -0.05) is 67.3 Å². The lowest BCUT2D eigenvalue weighted by Gasteiger charge is -2.13. The monoisotopic (exact) mass is 444 g/mol. The van der Waals surface area contributed by atoms with Crippen LogP contribution in [0.2, 0.25) is 0 Å². The Kier molecular flexibility index (Phi) is 6.64. The van der Waals surface area contributed by atoms with Gasteiger partial charge in [-0.3, -0.25) is 0 Å². The van der Waals surface area contributed by atoms with Gasteiger partial charge < -0.3 is 4.74 Å². The molecule has 0 aromatic heterocycles. The molecule has 1 nitrogen and oxygen atoms in total. The zero-order valence-electron chi connectivity index (χ0n) is 18.1. The molecular weight excluding hydrogens is 421 g/mol. The topological polar surface area (TPSA) is 9.23 Å². The van der Waals surface area contributed by atoms with Crippen molar-refractivity contribution in [1.29, 1.82) is 0 Å². The van der Waals surface area contributed by atoms with Gasteiger partial charge in [0.25, 0.3) is 0 Å². The zero-order valence-corrected chi connectivity index (χ0v) is 18.1. The van der Waals surface area contributed by atoms with Crippen molar-refractivity contribution in [2.75, 3.05) is 6.61 Å². The molecule has 4 aromatic carbocycles. The first kappa shape index (κ1) is 22.4. The lowest BCUT2D eigenvalue weighted by Crippen LogP contribution is -1.99. The zero-order chi connectivity index (χ0) is 23.4. The third-order valence-electron chi connectivity index (χ3n) is 5.54. The number of hydrogen-bond acceptors (Lipinski definition) is 1. The minimum atomic E-state index is -1.22. The molecule has 0 radical (unpaired) electrons. The number of hydrogen-bond donors (Lipinski definition) is 0. The van der Waals surface area contributed by atoms with Crippen LogP contribution in [0, 0.1) is 17.5 Å². The van der Waals surface area contributed by atoms with E-state index in [1.165, 1.54) is 12.1 Å². The average Bonchev–Trinajstić information content (AvgIpc) is 2.84. The molecule has 4 rings (SSSR count). The summed E-state index contributed by atoms with van der Waals surface area (Å²) in [5.41, 5.74) is 1.28. The molecule has 0 bridgehead atoms. The highest BCUT2D eigenvalue weighted by atomic mass is 19.2. The van der Waals surface area contributed by atoms with Crippen molar-refractivity contribution in [1.82, 2.24) is 0 Å². The van der Waals surface area contributed by atoms with Crippen LogP contribution in [-0.4, -0.2) is 6.61 Å². The molecular formula is C29H23F3O. The fourth-order valence-corrected chi connectivity index (χ4v) is 3.92. The molecule has 166 valence electrons. The predicted molar refractivity (Wildman–Crippen MR) is 129 cm³/mol. The normalized spacial score (nSPS) is 10.9. The van der Waals surface area contributed by atoms with Crippen LogP contribution in [0.5, 0.6) is 5.75 Å². The van der Waals surface area contributed by atoms with E-state index in [0.29, 0.717) is 17.9 Å². The van der Waals surface area contributed by atoms with Gasteiger partial charge in [-0.2, -0.15) is 0 Å². The minimum Gasteiger partial charge on any atom is -0.490 e. The lowest BCUT2D eigenvalue weighted by molar-refractivity contribution is 0.363. The van der Waals surface area contributed by atoms with E-state index in [2.05, 4.69) is 13.2 Å². The van der Waals surface area contributed by atoms with Gasteiger partial charge in [0.2, 0.25) is 0 Å². The summed E-state index contributed by atoms with van der Waals surface area (Å²) in [6.07, 6.45) is 5.13. The summed E-state index contributed by atoms with van der Waals surface area (Å²) in [5.74, 6) is -2.60. The Bertz CT molecular complexity index is 1320. The molecule has 0 amide bonds. The van der Waals surface area contributed by atoms with Gasteiger partial charge in [0.15, 0.2) is 11.6 Å². The van der Waals surface area contributed by atoms with Crippen molar-refractivity contribution in [3.05, 3.63) is 115 Å². The van der Waals surface area contributed by atoms with Gasteiger partial charge in [0, 0.05) is 5.56 Å². The first-order valence-electron chi connectivity index (χ1n) is 10.7. The van der Waals surface area contributed by atoms with E-state index in [0.717, 1.165) is 35.2 Å². The van der Waals surface area contributed by atoms with Crippen LogP contribution in [0.1, 0.15) is 12.0 Å². The summed E-state index contributed by atoms with van der Waals surface area (Å²) in [6.45, 7) is 7.62. The highest BCUT2D eigenvalue weighted by molar-refractivity contribution is 5.97. The summed E-state index contributed by atoms with van der Waals surface area (Å²) in [5, 5.41) is 1.61. The maximum absolute atomic E-state index is 15.2. The van der Waals surface area contributed by atoms with Crippen molar-refractivity contribution in [2.45, 2.75) is 12.8 Å². The molecule has 0 spiro atoms. The molecule has 33 heavy (non-hydrogen) atoms. The SMILES string of the molecule is C=CCCc1ccc2c(-c3cc(F)c(-c4ccc(OCC=C)cc4)c(F)c3F)cccc2c1. The quantitative estimate of drug-likeness (QED) is 0.196. The molecule has 0 aliphatic heterocycles. The molecule has 0 saturated heterocycles. The van der Waals surface area contributed by atoms with Gasteiger partial charge >= 0.3 is 0 Å². The second-order valence-electron chi connectivity index (χ2n) is 7.72. The molecule has 0 atom stereocenters. The summed E-state index contributed by atoms with van der Waals surface area (Å²) in [6, 6.07) is 18.4. The van der Waals surface area contributed by atoms with Crippen molar-refractivity contribution in [2.24, 2.45) is 0 Å². The molecule has 0 fully saturated rings. The lowest BCUT2D eigenvalue weighted by atomic mass is 9.93. The van der Waals surface area contributed by atoms with E-state index in [9.17, 15) is 0 Å². The van der Waals surface area contributed by atoms with E-state index in [1.807, 2.05) is 30.3 Å². The predicted octanol–water partition coefficient (Wildman–Crippen LogP) is 8.27. The van der Waals surface area contributed by atoms with Crippen molar-refractivity contribution in [3.8, 4) is 28.0 Å². The van der Waals surface area contributed by atoms with Crippen LogP contribution in [-0.2, 0) is 6.42 Å². The Morgan fingerprint density at radius 3 is 2.30 bits per heavy atom. The molecule has 0 heterocycles. The van der Waals surface area contributed by atoms with Crippen LogP contribution in [0.25, 0.3) is 33.0 Å². The standard InChI is InChI=1S/C29H23F3O/c1-3-5-7-19-10-15-23-21(17-19)8-6-9-24(23)25-18-26(30)27(29(32)28(25)31)20-11-13-22(14-12-20)33-16-4-2/h3-4,6,8-15,17-18H,1-2,5,7,16H2. The second-order valence-corrected chi connectivity index (χ2v) is 7.72. The number of rotatable bonds is 8. The van der Waals surface area contributed by atoms with E-state index >= 15 is 13.2 Å². The number of fused-ring (bicyclic) bond motifs is 1. The number of benzene rings is 4. The Labute approximate surface area is 191 Å². The van der Waals surface area contributed by atoms with Crippen molar-refractivity contribution < 1.29 is 17.9 Å². The molecule has 0 N–H and O–H groups in total. The van der Waals surface area contributed by atoms with Crippen LogP contribution >= 0.6 is 0 Å². The van der Waals surface area contributed by atoms with E-state index < -0.39 is 23.0 Å². The first-order chi connectivity index (χ1) is 16.0. The van der Waals surface area contributed by atoms with Crippen LogP contribution in [0.15, 0.2) is 92.0 Å². The van der Waals surface area contributed by atoms with Crippen molar-refractivity contribution >= 4 is 10.8 Å². The Balaban J connectivity index is 1.77. The van der Waals surface area contributed by atoms with Gasteiger partial charge in [-0.05, 0) is 58.5 Å². The van der Waals surface area contributed by atoms with Gasteiger partial charge in [0.1, 0.15) is 18.2 Å². The first-order valence-corrected chi connectivity index (χ1v) is 10.7. The van der Waals surface area contributed by atoms with E-state index in [-0.39, 0.29) is 11.1 Å². The van der Waals surface area contributed by atoms with Crippen LogP contribution in [0.4, 0.5) is 13.2 Å². The van der Waals surface area contributed by atoms with Gasteiger partial charge in [0.05, 0.1) is 5.56 Å².